The number of carboxylic acids is 1. The topological polar surface area (TPSA) is 62.2 Å². The van der Waals surface area contributed by atoms with Crippen LogP contribution in [0.25, 0.3) is 0 Å². The molecule has 0 unspecified atom stereocenters. The number of carboxylic acid groups (broad SMARTS) is 1. The van der Waals surface area contributed by atoms with E-state index in [1.165, 1.54) is 0 Å². The van der Waals surface area contributed by atoms with Crippen LogP contribution >= 0.6 is 0 Å². The summed E-state index contributed by atoms with van der Waals surface area (Å²) in [6, 6.07) is 3.46. The van der Waals surface area contributed by atoms with Gasteiger partial charge in [-0.15, -0.1) is 0 Å². The first kappa shape index (κ1) is 8.52. The normalized spacial score (nSPS) is 9.50. The number of anilines is 1. The van der Waals surface area contributed by atoms with Crippen molar-refractivity contribution in [1.29, 1.82) is 0 Å². The minimum absolute atomic E-state index is 0.0671. The molecule has 1 aromatic rings. The van der Waals surface area contributed by atoms with Crippen LogP contribution in [-0.2, 0) is 0 Å². The summed E-state index contributed by atoms with van der Waals surface area (Å²) in [5, 5.41) is 11.5. The molecule has 0 spiro atoms. The second kappa shape index (κ2) is 3.21. The molecule has 0 amide bonds. The van der Waals surface area contributed by atoms with Crippen LogP contribution in [0.4, 0.5) is 5.69 Å². The SMILES string of the molecule is CNc1ccc(C)nc1C(=O)O. The number of hydrogen-bond acceptors (Lipinski definition) is 3. The highest BCUT2D eigenvalue weighted by molar-refractivity contribution is 5.91. The predicted octanol–water partition coefficient (Wildman–Crippen LogP) is 1.13. The Morgan fingerprint density at radius 2 is 2.25 bits per heavy atom. The minimum Gasteiger partial charge on any atom is -0.476 e. The van der Waals surface area contributed by atoms with Gasteiger partial charge in [0.1, 0.15) is 0 Å². The molecule has 1 heterocycles. The van der Waals surface area contributed by atoms with Crippen LogP contribution in [0.1, 0.15) is 16.2 Å². The molecule has 0 radical (unpaired) electrons. The van der Waals surface area contributed by atoms with Crippen LogP contribution in [0.3, 0.4) is 0 Å². The highest BCUT2D eigenvalue weighted by Crippen LogP contribution is 2.12. The third-order valence-corrected chi connectivity index (χ3v) is 1.51. The lowest BCUT2D eigenvalue weighted by molar-refractivity contribution is 0.0691. The van der Waals surface area contributed by atoms with Crippen LogP contribution in [0.15, 0.2) is 12.1 Å². The first-order valence-corrected chi connectivity index (χ1v) is 3.54. The fourth-order valence-electron chi connectivity index (χ4n) is 0.921. The van der Waals surface area contributed by atoms with Crippen molar-refractivity contribution >= 4 is 11.7 Å². The van der Waals surface area contributed by atoms with E-state index in [0.717, 1.165) is 0 Å². The van der Waals surface area contributed by atoms with E-state index in [1.54, 1.807) is 26.1 Å². The first-order valence-electron chi connectivity index (χ1n) is 3.54. The van der Waals surface area contributed by atoms with Crippen LogP contribution in [0, 0.1) is 6.92 Å². The Hall–Kier alpha value is -1.58. The van der Waals surface area contributed by atoms with Crippen molar-refractivity contribution < 1.29 is 9.90 Å². The molecular weight excluding hydrogens is 156 g/mol. The van der Waals surface area contributed by atoms with Crippen molar-refractivity contribution in [1.82, 2.24) is 4.98 Å². The molecule has 0 atom stereocenters. The maximum atomic E-state index is 10.6. The van der Waals surface area contributed by atoms with E-state index in [0.29, 0.717) is 11.4 Å². The molecule has 0 aromatic carbocycles. The Bertz CT molecular complexity index is 310. The van der Waals surface area contributed by atoms with E-state index >= 15 is 0 Å². The molecule has 0 saturated heterocycles. The standard InChI is InChI=1S/C8H10N2O2/c1-5-3-4-6(9-2)7(10-5)8(11)12/h3-4,9H,1-2H3,(H,11,12). The molecule has 12 heavy (non-hydrogen) atoms. The number of aromatic nitrogens is 1. The van der Waals surface area contributed by atoms with Gasteiger partial charge in [0.2, 0.25) is 0 Å². The highest BCUT2D eigenvalue weighted by atomic mass is 16.4. The lowest BCUT2D eigenvalue weighted by atomic mass is 10.2. The van der Waals surface area contributed by atoms with Gasteiger partial charge in [-0.3, -0.25) is 0 Å². The van der Waals surface area contributed by atoms with Crippen molar-refractivity contribution in [3.8, 4) is 0 Å². The van der Waals surface area contributed by atoms with Crippen molar-refractivity contribution in [3.63, 3.8) is 0 Å². The smallest absolute Gasteiger partial charge is 0.356 e. The minimum atomic E-state index is -1.01. The fraction of sp³-hybridized carbons (Fsp3) is 0.250. The molecule has 0 bridgehead atoms. The number of aromatic carboxylic acids is 1. The highest BCUT2D eigenvalue weighted by Gasteiger charge is 2.09. The van der Waals surface area contributed by atoms with Gasteiger partial charge in [0.15, 0.2) is 5.69 Å². The summed E-state index contributed by atoms with van der Waals surface area (Å²) in [6.45, 7) is 1.76. The average molecular weight is 166 g/mol. The second-order valence-electron chi connectivity index (χ2n) is 2.40. The maximum Gasteiger partial charge on any atom is 0.356 e. The molecule has 0 aliphatic carbocycles. The zero-order valence-corrected chi connectivity index (χ0v) is 6.96. The van der Waals surface area contributed by atoms with Crippen LogP contribution in [0.2, 0.25) is 0 Å². The van der Waals surface area contributed by atoms with Crippen LogP contribution in [-0.4, -0.2) is 23.1 Å². The lowest BCUT2D eigenvalue weighted by Gasteiger charge is -2.03. The fourth-order valence-corrected chi connectivity index (χ4v) is 0.921. The van der Waals surface area contributed by atoms with Crippen molar-refractivity contribution in [2.24, 2.45) is 0 Å². The quantitative estimate of drug-likeness (QED) is 0.691. The molecule has 2 N–H and O–H groups in total. The molecule has 1 rings (SSSR count). The first-order chi connectivity index (χ1) is 5.65. The van der Waals surface area contributed by atoms with E-state index in [9.17, 15) is 4.79 Å². The molecular formula is C8H10N2O2. The summed E-state index contributed by atoms with van der Waals surface area (Å²) in [5.41, 5.74) is 1.30. The van der Waals surface area contributed by atoms with Gasteiger partial charge in [0.05, 0.1) is 5.69 Å². The van der Waals surface area contributed by atoms with Gasteiger partial charge >= 0.3 is 5.97 Å². The zero-order chi connectivity index (χ0) is 9.14. The number of hydrogen-bond donors (Lipinski definition) is 2. The number of nitrogens with zero attached hydrogens (tertiary/aromatic N) is 1. The van der Waals surface area contributed by atoms with Crippen LogP contribution < -0.4 is 5.32 Å². The van der Waals surface area contributed by atoms with Crippen molar-refractivity contribution in [2.45, 2.75) is 6.92 Å². The third kappa shape index (κ3) is 1.53. The molecule has 1 aromatic heterocycles. The summed E-state index contributed by atoms with van der Waals surface area (Å²) in [7, 11) is 1.67. The molecule has 64 valence electrons. The summed E-state index contributed by atoms with van der Waals surface area (Å²) in [4.78, 5) is 14.5. The van der Waals surface area contributed by atoms with Gasteiger partial charge in [-0.25, -0.2) is 9.78 Å². The second-order valence-corrected chi connectivity index (χ2v) is 2.40. The molecule has 0 saturated carbocycles. The Morgan fingerprint density at radius 1 is 1.58 bits per heavy atom. The molecule has 4 nitrogen and oxygen atoms in total. The zero-order valence-electron chi connectivity index (χ0n) is 6.96. The molecule has 0 aliphatic heterocycles. The molecule has 4 heteroatoms. The summed E-state index contributed by atoms with van der Waals surface area (Å²) >= 11 is 0. The summed E-state index contributed by atoms with van der Waals surface area (Å²) in [5.74, 6) is -1.01. The molecule has 0 fully saturated rings. The lowest BCUT2D eigenvalue weighted by Crippen LogP contribution is -2.06. The number of aryl methyl sites for hydroxylation is 1. The largest absolute Gasteiger partial charge is 0.476 e. The van der Waals surface area contributed by atoms with E-state index in [4.69, 9.17) is 5.11 Å². The van der Waals surface area contributed by atoms with Gasteiger partial charge in [-0.1, -0.05) is 0 Å². The number of pyridine rings is 1. The summed E-state index contributed by atoms with van der Waals surface area (Å²) < 4.78 is 0. The van der Waals surface area contributed by atoms with Gasteiger partial charge in [-0.2, -0.15) is 0 Å². The Morgan fingerprint density at radius 3 is 2.75 bits per heavy atom. The van der Waals surface area contributed by atoms with Crippen LogP contribution in [0.5, 0.6) is 0 Å². The number of nitrogens with one attached hydrogen (secondary N) is 1. The maximum absolute atomic E-state index is 10.6. The average Bonchev–Trinajstić information content (AvgIpc) is 2.04. The monoisotopic (exact) mass is 166 g/mol. The molecule has 0 aliphatic rings. The Kier molecular flexibility index (Phi) is 2.28. The van der Waals surface area contributed by atoms with Crippen molar-refractivity contribution in [3.05, 3.63) is 23.5 Å². The van der Waals surface area contributed by atoms with E-state index in [2.05, 4.69) is 10.3 Å². The van der Waals surface area contributed by atoms with Gasteiger partial charge in [-0.05, 0) is 19.1 Å². The number of carbonyl (C=O) groups is 1. The Labute approximate surface area is 70.3 Å². The van der Waals surface area contributed by atoms with E-state index in [-0.39, 0.29) is 5.69 Å². The summed E-state index contributed by atoms with van der Waals surface area (Å²) in [6.07, 6.45) is 0. The van der Waals surface area contributed by atoms with E-state index in [1.807, 2.05) is 0 Å². The van der Waals surface area contributed by atoms with Crippen molar-refractivity contribution in [2.75, 3.05) is 12.4 Å². The van der Waals surface area contributed by atoms with E-state index < -0.39 is 5.97 Å². The van der Waals surface area contributed by atoms with Gasteiger partial charge in [0.25, 0.3) is 0 Å². The van der Waals surface area contributed by atoms with Gasteiger partial charge < -0.3 is 10.4 Å². The predicted molar refractivity (Wildman–Crippen MR) is 45.5 cm³/mol. The number of rotatable bonds is 2. The van der Waals surface area contributed by atoms with Gasteiger partial charge in [0, 0.05) is 12.7 Å². The Balaban J connectivity index is 3.21. The third-order valence-electron chi connectivity index (χ3n) is 1.51.